The lowest BCUT2D eigenvalue weighted by Gasteiger charge is -2.14. The first-order chi connectivity index (χ1) is 7.91. The monoisotopic (exact) mass is 363 g/mol. The lowest BCUT2D eigenvalue weighted by Crippen LogP contribution is -2.31. The Morgan fingerprint density at radius 1 is 1.47 bits per heavy atom. The van der Waals surface area contributed by atoms with E-state index in [-0.39, 0.29) is 22.0 Å². The number of alkyl halides is 1. The number of aromatic hydroxyl groups is 1. The molecule has 0 heterocycles. The van der Waals surface area contributed by atoms with Gasteiger partial charge in [0, 0.05) is 15.8 Å². The van der Waals surface area contributed by atoms with Gasteiger partial charge in [-0.25, -0.2) is 0 Å². The molecule has 0 fully saturated rings. The normalized spacial score (nSPS) is 12.5. The Labute approximate surface area is 118 Å². The molecule has 0 bridgehead atoms. The lowest BCUT2D eigenvalue weighted by molar-refractivity contribution is 0.0950. The molecule has 0 aliphatic heterocycles. The van der Waals surface area contributed by atoms with E-state index in [2.05, 4.69) is 51.0 Å². The van der Waals surface area contributed by atoms with Crippen LogP contribution < -0.4 is 5.32 Å². The van der Waals surface area contributed by atoms with E-state index in [0.29, 0.717) is 12.5 Å². The highest BCUT2D eigenvalue weighted by molar-refractivity contribution is 9.10. The van der Waals surface area contributed by atoms with Crippen LogP contribution in [-0.2, 0) is 0 Å². The van der Waals surface area contributed by atoms with Crippen LogP contribution in [0.25, 0.3) is 0 Å². The minimum Gasteiger partial charge on any atom is -0.507 e. The Morgan fingerprint density at radius 3 is 2.65 bits per heavy atom. The van der Waals surface area contributed by atoms with Crippen LogP contribution in [0.5, 0.6) is 5.75 Å². The molecule has 0 saturated heterocycles. The summed E-state index contributed by atoms with van der Waals surface area (Å²) in [6.45, 7) is 4.68. The smallest absolute Gasteiger partial charge is 0.255 e. The highest BCUT2D eigenvalue weighted by atomic mass is 79.9. The number of carbonyl (C=O) groups excluding carboxylic acids is 1. The van der Waals surface area contributed by atoms with E-state index >= 15 is 0 Å². The van der Waals surface area contributed by atoms with Gasteiger partial charge in [0.15, 0.2) is 0 Å². The van der Waals surface area contributed by atoms with Crippen molar-refractivity contribution in [3.05, 3.63) is 28.2 Å². The van der Waals surface area contributed by atoms with Crippen molar-refractivity contribution in [2.75, 3.05) is 6.54 Å². The molecule has 5 heteroatoms. The minimum absolute atomic E-state index is 0.0208. The molecule has 0 aliphatic rings. The predicted molar refractivity (Wildman–Crippen MR) is 75.7 cm³/mol. The molecule has 2 N–H and O–H groups in total. The molecule has 17 heavy (non-hydrogen) atoms. The fourth-order valence-corrected chi connectivity index (χ4v) is 1.73. The maximum atomic E-state index is 11.8. The summed E-state index contributed by atoms with van der Waals surface area (Å²) in [5, 5.41) is 12.4. The number of carbonyl (C=O) groups is 1. The lowest BCUT2D eigenvalue weighted by atomic mass is 10.1. The molecule has 1 aromatic carbocycles. The maximum absolute atomic E-state index is 11.8. The topological polar surface area (TPSA) is 49.3 Å². The summed E-state index contributed by atoms with van der Waals surface area (Å²) in [6.07, 6.45) is 0. The average molecular weight is 365 g/mol. The van der Waals surface area contributed by atoms with Gasteiger partial charge < -0.3 is 10.4 Å². The standard InChI is InChI=1S/C12H15Br2NO2/c1-7(2)10(14)6-15-12(17)9-4-3-8(13)5-11(9)16/h3-5,7,10,16H,6H2,1-2H3,(H,15,17). The third-order valence-electron chi connectivity index (χ3n) is 2.39. The SMILES string of the molecule is CC(C)C(Br)CNC(=O)c1ccc(Br)cc1O. The van der Waals surface area contributed by atoms with Gasteiger partial charge in [-0.2, -0.15) is 0 Å². The first-order valence-electron chi connectivity index (χ1n) is 5.32. The van der Waals surface area contributed by atoms with Gasteiger partial charge in [0.05, 0.1) is 5.56 Å². The fourth-order valence-electron chi connectivity index (χ4n) is 1.22. The van der Waals surface area contributed by atoms with Crippen molar-refractivity contribution in [1.82, 2.24) is 5.32 Å². The van der Waals surface area contributed by atoms with Crippen molar-refractivity contribution in [3.8, 4) is 5.75 Å². The van der Waals surface area contributed by atoms with Crippen LogP contribution in [-0.4, -0.2) is 22.4 Å². The maximum Gasteiger partial charge on any atom is 0.255 e. The van der Waals surface area contributed by atoms with Gasteiger partial charge in [-0.1, -0.05) is 45.7 Å². The largest absolute Gasteiger partial charge is 0.507 e. The number of halogens is 2. The molecule has 1 unspecified atom stereocenters. The second-order valence-corrected chi connectivity index (χ2v) is 6.22. The highest BCUT2D eigenvalue weighted by Crippen LogP contribution is 2.22. The molecular weight excluding hydrogens is 350 g/mol. The molecular formula is C12H15Br2NO2. The van der Waals surface area contributed by atoms with Crippen LogP contribution in [0, 0.1) is 5.92 Å². The van der Waals surface area contributed by atoms with Crippen LogP contribution in [0.15, 0.2) is 22.7 Å². The van der Waals surface area contributed by atoms with Crippen LogP contribution in [0.2, 0.25) is 0 Å². The van der Waals surface area contributed by atoms with Gasteiger partial charge in [0.25, 0.3) is 5.91 Å². The van der Waals surface area contributed by atoms with Gasteiger partial charge in [-0.05, 0) is 24.1 Å². The van der Waals surface area contributed by atoms with E-state index in [1.807, 2.05) is 0 Å². The molecule has 0 saturated carbocycles. The molecule has 94 valence electrons. The number of hydrogen-bond donors (Lipinski definition) is 2. The zero-order valence-electron chi connectivity index (χ0n) is 9.71. The van der Waals surface area contributed by atoms with E-state index in [1.165, 1.54) is 6.07 Å². The predicted octanol–water partition coefficient (Wildman–Crippen LogP) is 3.30. The average Bonchev–Trinajstić information content (AvgIpc) is 2.25. The Hall–Kier alpha value is -0.550. The van der Waals surface area contributed by atoms with E-state index in [1.54, 1.807) is 12.1 Å². The molecule has 1 amide bonds. The summed E-state index contributed by atoms with van der Waals surface area (Å²) in [5.74, 6) is 0.154. The zero-order chi connectivity index (χ0) is 13.0. The van der Waals surface area contributed by atoms with Crippen LogP contribution in [0.3, 0.4) is 0 Å². The number of rotatable bonds is 4. The summed E-state index contributed by atoms with van der Waals surface area (Å²) in [5.41, 5.74) is 0.289. The van der Waals surface area contributed by atoms with E-state index < -0.39 is 0 Å². The molecule has 1 rings (SSSR count). The molecule has 0 aromatic heterocycles. The van der Waals surface area contributed by atoms with Gasteiger partial charge in [-0.15, -0.1) is 0 Å². The van der Waals surface area contributed by atoms with Crippen molar-refractivity contribution in [1.29, 1.82) is 0 Å². The summed E-state index contributed by atoms with van der Waals surface area (Å²) in [4.78, 5) is 12.0. The summed E-state index contributed by atoms with van der Waals surface area (Å²) in [6, 6.07) is 4.82. The number of hydrogen-bond acceptors (Lipinski definition) is 2. The summed E-state index contributed by atoms with van der Waals surface area (Å²) < 4.78 is 0.743. The van der Waals surface area contributed by atoms with E-state index in [0.717, 1.165) is 4.47 Å². The van der Waals surface area contributed by atoms with Crippen molar-refractivity contribution >= 4 is 37.8 Å². The number of amides is 1. The Morgan fingerprint density at radius 2 is 2.12 bits per heavy atom. The molecule has 0 spiro atoms. The first kappa shape index (κ1) is 14.5. The molecule has 3 nitrogen and oxygen atoms in total. The van der Waals surface area contributed by atoms with Gasteiger partial charge in [-0.3, -0.25) is 4.79 Å². The van der Waals surface area contributed by atoms with Crippen molar-refractivity contribution in [3.63, 3.8) is 0 Å². The summed E-state index contributed by atoms with van der Waals surface area (Å²) >= 11 is 6.72. The van der Waals surface area contributed by atoms with Gasteiger partial charge in [0.2, 0.25) is 0 Å². The molecule has 1 aromatic rings. The zero-order valence-corrected chi connectivity index (χ0v) is 12.9. The minimum atomic E-state index is -0.264. The number of phenols is 1. The highest BCUT2D eigenvalue weighted by Gasteiger charge is 2.14. The van der Waals surface area contributed by atoms with Crippen LogP contribution >= 0.6 is 31.9 Å². The van der Waals surface area contributed by atoms with Crippen LogP contribution in [0.1, 0.15) is 24.2 Å². The quantitative estimate of drug-likeness (QED) is 0.805. The molecule has 0 aliphatic carbocycles. The first-order valence-corrected chi connectivity index (χ1v) is 7.03. The van der Waals surface area contributed by atoms with Crippen molar-refractivity contribution in [2.24, 2.45) is 5.92 Å². The number of nitrogens with one attached hydrogen (secondary N) is 1. The Bertz CT molecular complexity index is 407. The van der Waals surface area contributed by atoms with Crippen molar-refractivity contribution < 1.29 is 9.90 Å². The second-order valence-electron chi connectivity index (χ2n) is 4.13. The second kappa shape index (κ2) is 6.40. The third-order valence-corrected chi connectivity index (χ3v) is 4.26. The molecule has 1 atom stereocenters. The van der Waals surface area contributed by atoms with Gasteiger partial charge in [0.1, 0.15) is 5.75 Å². The van der Waals surface area contributed by atoms with Crippen molar-refractivity contribution in [2.45, 2.75) is 18.7 Å². The van der Waals surface area contributed by atoms with Gasteiger partial charge >= 0.3 is 0 Å². The van der Waals surface area contributed by atoms with E-state index in [9.17, 15) is 9.90 Å². The fraction of sp³-hybridized carbons (Fsp3) is 0.417. The molecule has 0 radical (unpaired) electrons. The Balaban J connectivity index is 2.64. The van der Waals surface area contributed by atoms with Crippen LogP contribution in [0.4, 0.5) is 0 Å². The van der Waals surface area contributed by atoms with E-state index in [4.69, 9.17) is 0 Å². The third kappa shape index (κ3) is 4.32. The number of benzene rings is 1. The summed E-state index contributed by atoms with van der Waals surface area (Å²) in [7, 11) is 0. The Kier molecular flexibility index (Phi) is 5.46. The number of phenolic OH excluding ortho intramolecular Hbond substituents is 1.